The van der Waals surface area contributed by atoms with Crippen molar-refractivity contribution >= 4 is 21.8 Å². The molecule has 1 unspecified atom stereocenters. The molecule has 58 heavy (non-hydrogen) atoms. The number of tetrazole rings is 1. The van der Waals surface area contributed by atoms with E-state index in [9.17, 15) is 13.2 Å². The molecule has 0 saturated heterocycles. The number of esters is 1. The second kappa shape index (κ2) is 20.4. The molecule has 6 N–H and O–H groups in total. The van der Waals surface area contributed by atoms with Crippen molar-refractivity contribution in [2.45, 2.75) is 50.2 Å². The zero-order valence-electron chi connectivity index (χ0n) is 31.1. The van der Waals surface area contributed by atoms with Gasteiger partial charge in [-0.15, -0.1) is 10.2 Å². The van der Waals surface area contributed by atoms with Crippen LogP contribution in [0.5, 0.6) is 23.1 Å². The van der Waals surface area contributed by atoms with E-state index in [1.165, 1.54) is 25.6 Å². The van der Waals surface area contributed by atoms with Crippen LogP contribution >= 0.6 is 0 Å². The van der Waals surface area contributed by atoms with Crippen LogP contribution in [0.4, 0.5) is 5.82 Å². The van der Waals surface area contributed by atoms with Crippen molar-refractivity contribution in [3.63, 3.8) is 0 Å². The van der Waals surface area contributed by atoms with Crippen LogP contribution in [0.1, 0.15) is 44.6 Å². The normalized spacial score (nSPS) is 12.2. The number of H-pyrrole nitrogens is 1. The molecule has 5 aromatic rings. The van der Waals surface area contributed by atoms with Gasteiger partial charge in [-0.05, 0) is 59.9 Å². The number of anilines is 1. The maximum absolute atomic E-state index is 13.8. The van der Waals surface area contributed by atoms with Gasteiger partial charge in [0.25, 0.3) is 15.9 Å². The summed E-state index contributed by atoms with van der Waals surface area (Å²) in [5, 5.41) is 47.7. The van der Waals surface area contributed by atoms with E-state index in [4.69, 9.17) is 39.8 Å². The molecule has 0 fully saturated rings. The molecule has 4 aromatic heterocycles. The Bertz CT molecular complexity index is 2200. The number of hydrogen-bond donors (Lipinski definition) is 6. The fourth-order valence-electron chi connectivity index (χ4n) is 4.95. The van der Waals surface area contributed by atoms with Crippen molar-refractivity contribution in [2.24, 2.45) is 0 Å². The molecule has 24 nitrogen and oxygen atoms in total. The van der Waals surface area contributed by atoms with Crippen LogP contribution in [0.25, 0.3) is 22.9 Å². The van der Waals surface area contributed by atoms with Crippen molar-refractivity contribution in [3.05, 3.63) is 66.5 Å². The van der Waals surface area contributed by atoms with Crippen molar-refractivity contribution in [1.82, 2.24) is 51.3 Å². The monoisotopic (exact) mass is 829 g/mol. The maximum Gasteiger partial charge on any atom is 0.305 e. The third kappa shape index (κ3) is 12.2. The summed E-state index contributed by atoms with van der Waals surface area (Å²) in [6, 6.07) is 12.6. The van der Waals surface area contributed by atoms with E-state index in [0.717, 1.165) is 5.56 Å². The summed E-state index contributed by atoms with van der Waals surface area (Å²) in [5.74, 6) is -0.964. The highest BCUT2D eigenvalue weighted by Crippen LogP contribution is 2.42. The molecular weight excluding hydrogens is 790 g/mol. The minimum Gasteiger partial charge on any atom is -0.493 e. The van der Waals surface area contributed by atoms with Crippen molar-refractivity contribution < 1.29 is 62.7 Å². The summed E-state index contributed by atoms with van der Waals surface area (Å²) in [4.78, 5) is 39.2. The van der Waals surface area contributed by atoms with E-state index in [1.54, 1.807) is 42.5 Å². The predicted molar refractivity (Wildman–Crippen MR) is 193 cm³/mol. The lowest BCUT2D eigenvalue weighted by molar-refractivity contribution is -0.527. The molecule has 25 heteroatoms. The minimum atomic E-state index is -4.42. The number of para-hydroxylation sites is 2. The summed E-state index contributed by atoms with van der Waals surface area (Å²) in [7, 11) is -3.00. The van der Waals surface area contributed by atoms with Gasteiger partial charge in [0.2, 0.25) is 11.6 Å². The summed E-state index contributed by atoms with van der Waals surface area (Å²) in [6.07, 6.45) is 1.74. The van der Waals surface area contributed by atoms with Gasteiger partial charge >= 0.3 is 5.97 Å². The zero-order valence-corrected chi connectivity index (χ0v) is 31.9. The fraction of sp³-hybridized carbons (Fsp3) is 0.333. The lowest BCUT2D eigenvalue weighted by Gasteiger charge is -2.19. The topological polar surface area (TPSA) is 312 Å². The lowest BCUT2D eigenvalue weighted by Crippen LogP contribution is -2.31. The number of carbonyl (C=O) groups is 1. The van der Waals surface area contributed by atoms with Crippen LogP contribution in [0.3, 0.4) is 0 Å². The van der Waals surface area contributed by atoms with E-state index < -0.39 is 39.5 Å². The minimum absolute atomic E-state index is 0.00390. The van der Waals surface area contributed by atoms with Gasteiger partial charge in [0, 0.05) is 24.4 Å². The molecule has 0 aliphatic rings. The molecule has 1 aromatic carbocycles. The number of benzene rings is 1. The molecule has 0 bridgehead atoms. The van der Waals surface area contributed by atoms with E-state index in [0.29, 0.717) is 5.56 Å². The first-order chi connectivity index (χ1) is 27.8. The van der Waals surface area contributed by atoms with Crippen LogP contribution < -0.4 is 18.9 Å². The number of methoxy groups -OCH3 is 1. The maximum atomic E-state index is 13.8. The number of sulfonamides is 1. The van der Waals surface area contributed by atoms with Gasteiger partial charge in [0.05, 0.1) is 17.9 Å². The highest BCUT2D eigenvalue weighted by Gasteiger charge is 2.27. The largest absolute Gasteiger partial charge is 0.493 e. The summed E-state index contributed by atoms with van der Waals surface area (Å²) in [5.41, 5.74) is 1.44. The highest BCUT2D eigenvalue weighted by molar-refractivity contribution is 7.92. The van der Waals surface area contributed by atoms with E-state index in [-0.39, 0.29) is 89.7 Å². The third-order valence-electron chi connectivity index (χ3n) is 7.75. The SMILES string of the molecule is COc1ccccc1Oc1c(NS(=O)(=O)c2ccc(C(C)C)cn2)nc(-c2ccnc(-c3nn[nH]n3)c2)nc1OCCOC(=O)CCCC(CON(O)O)ON(O)O. The van der Waals surface area contributed by atoms with Crippen LogP contribution in [0.2, 0.25) is 0 Å². The van der Waals surface area contributed by atoms with Crippen LogP contribution in [0, 0.1) is 0 Å². The Balaban J connectivity index is 1.44. The van der Waals surface area contributed by atoms with Gasteiger partial charge in [0.15, 0.2) is 28.2 Å². The molecule has 5 rings (SSSR count). The van der Waals surface area contributed by atoms with E-state index >= 15 is 0 Å². The van der Waals surface area contributed by atoms with Gasteiger partial charge in [-0.1, -0.05) is 32.0 Å². The zero-order chi connectivity index (χ0) is 41.7. The molecule has 0 aliphatic heterocycles. The Morgan fingerprint density at radius 2 is 1.76 bits per heavy atom. The molecule has 0 spiro atoms. The number of rotatable bonds is 22. The standard InChI is InChI=1S/C33H39N11O13S/c1-20(2)22-11-12-27(35-18-22)58(50,51)40-32-29(56-26-9-5-4-8-25(26)52-3)33(37-30(36-32)21-13-14-34-24(17-21)31-38-41-42-39-31)54-16-15-53-28(45)10-6-7-23(57-44(48)49)19-55-43(46)47/h4-5,8-9,11-14,17-18,20,23,46-49H,6-7,10,15-16,19H2,1-3H3,(H,36,37,40)(H,38,39,41,42). The second-order valence-corrected chi connectivity index (χ2v) is 13.8. The van der Waals surface area contributed by atoms with Crippen LogP contribution in [-0.4, -0.2) is 120 Å². The van der Waals surface area contributed by atoms with Gasteiger partial charge in [-0.3, -0.25) is 35.3 Å². The molecule has 0 saturated carbocycles. The number of nitrogens with zero attached hydrogens (tertiary/aromatic N) is 9. The molecule has 0 radical (unpaired) electrons. The molecule has 0 amide bonds. The smallest absolute Gasteiger partial charge is 0.305 e. The first-order valence-electron chi connectivity index (χ1n) is 17.2. The Labute approximate surface area is 329 Å². The van der Waals surface area contributed by atoms with Crippen LogP contribution in [0.15, 0.2) is 66.0 Å². The molecule has 4 heterocycles. The van der Waals surface area contributed by atoms with Crippen molar-refractivity contribution in [1.29, 1.82) is 0 Å². The summed E-state index contributed by atoms with van der Waals surface area (Å²) >= 11 is 0. The summed E-state index contributed by atoms with van der Waals surface area (Å²) in [6.45, 7) is 2.75. The Morgan fingerprint density at radius 1 is 0.966 bits per heavy atom. The quantitative estimate of drug-likeness (QED) is 0.0331. The molecule has 310 valence electrons. The van der Waals surface area contributed by atoms with Gasteiger partial charge < -0.3 is 18.9 Å². The van der Waals surface area contributed by atoms with Gasteiger partial charge in [-0.25, -0.2) is 19.6 Å². The fourth-order valence-corrected chi connectivity index (χ4v) is 5.89. The molecule has 1 atom stereocenters. The number of nitrogens with one attached hydrogen (secondary N) is 2. The number of ether oxygens (including phenoxy) is 4. The summed E-state index contributed by atoms with van der Waals surface area (Å²) < 4.78 is 53.1. The van der Waals surface area contributed by atoms with Crippen molar-refractivity contribution in [3.8, 4) is 46.0 Å². The second-order valence-electron chi connectivity index (χ2n) is 12.1. The predicted octanol–water partition coefficient (Wildman–Crippen LogP) is 3.32. The number of pyridine rings is 2. The van der Waals surface area contributed by atoms with Gasteiger partial charge in [0.1, 0.15) is 31.6 Å². The van der Waals surface area contributed by atoms with Crippen molar-refractivity contribution in [2.75, 3.05) is 31.7 Å². The first-order valence-corrected chi connectivity index (χ1v) is 18.7. The number of aromatic nitrogens is 8. The van der Waals surface area contributed by atoms with E-state index in [1.807, 2.05) is 13.8 Å². The molecular formula is C33H39N11O13S. The van der Waals surface area contributed by atoms with Crippen LogP contribution in [-0.2, 0) is 29.2 Å². The number of aromatic amines is 1. The van der Waals surface area contributed by atoms with E-state index in [2.05, 4.69) is 55.0 Å². The Hall–Kier alpha value is -6.03. The number of carbonyl (C=O) groups excluding carboxylic acids is 1. The first kappa shape index (κ1) is 43.1. The molecule has 0 aliphatic carbocycles. The Kier molecular flexibility index (Phi) is 15.2. The third-order valence-corrected chi connectivity index (χ3v) is 9.01. The lowest BCUT2D eigenvalue weighted by atomic mass is 10.1. The average Bonchev–Trinajstić information content (AvgIpc) is 3.75. The average molecular weight is 830 g/mol. The number of hydrogen-bond acceptors (Lipinski definition) is 22. The Morgan fingerprint density at radius 3 is 2.43 bits per heavy atom. The highest BCUT2D eigenvalue weighted by atomic mass is 32.2. The van der Waals surface area contributed by atoms with Gasteiger partial charge in [-0.2, -0.15) is 18.6 Å².